The largest absolute Gasteiger partial charge is 0.481 e. The summed E-state index contributed by atoms with van der Waals surface area (Å²) in [5, 5.41) is 13.9. The molecule has 0 aliphatic carbocycles. The Hall–Kier alpha value is -3.42. The molecule has 27 heavy (non-hydrogen) atoms. The lowest BCUT2D eigenvalue weighted by atomic mass is 10.0. The molecule has 8 heteroatoms. The number of carbonyl (C=O) groups excluding carboxylic acids is 2. The second-order valence-corrected chi connectivity index (χ2v) is 6.27. The van der Waals surface area contributed by atoms with Gasteiger partial charge >= 0.3 is 5.97 Å². The summed E-state index contributed by atoms with van der Waals surface area (Å²) in [4.78, 5) is 38.2. The molecule has 1 aliphatic rings. The molecule has 2 aromatic rings. The van der Waals surface area contributed by atoms with Gasteiger partial charge in [0.1, 0.15) is 5.82 Å². The Morgan fingerprint density at radius 1 is 1.30 bits per heavy atom. The Morgan fingerprint density at radius 3 is 2.74 bits per heavy atom. The second-order valence-electron chi connectivity index (χ2n) is 6.27. The molecule has 2 amide bonds. The van der Waals surface area contributed by atoms with Gasteiger partial charge in [-0.15, -0.1) is 0 Å². The van der Waals surface area contributed by atoms with Gasteiger partial charge in [-0.1, -0.05) is 0 Å². The van der Waals surface area contributed by atoms with Crippen LogP contribution in [0.25, 0.3) is 11.6 Å². The van der Waals surface area contributed by atoms with E-state index in [9.17, 15) is 18.8 Å². The van der Waals surface area contributed by atoms with Gasteiger partial charge in [0.15, 0.2) is 0 Å². The average molecular weight is 371 g/mol. The number of halogens is 1. The number of nitrogens with one attached hydrogen (secondary N) is 3. The Morgan fingerprint density at radius 2 is 2.04 bits per heavy atom. The number of aromatic nitrogens is 1. The molecule has 0 atom stereocenters. The summed E-state index contributed by atoms with van der Waals surface area (Å²) < 4.78 is 13.6. The average Bonchev–Trinajstić information content (AvgIpc) is 3.04. The second kappa shape index (κ2) is 7.06. The molecule has 1 aliphatic heterocycles. The number of aryl methyl sites for hydroxylation is 1. The van der Waals surface area contributed by atoms with Gasteiger partial charge in [0.2, 0.25) is 0 Å². The Labute approximate surface area is 154 Å². The lowest BCUT2D eigenvalue weighted by Gasteiger charge is -2.04. The first-order chi connectivity index (χ1) is 12.8. The first kappa shape index (κ1) is 18.4. The van der Waals surface area contributed by atoms with Crippen molar-refractivity contribution in [1.29, 1.82) is 0 Å². The van der Waals surface area contributed by atoms with Crippen molar-refractivity contribution in [2.24, 2.45) is 0 Å². The molecule has 0 saturated heterocycles. The number of rotatable bonds is 5. The van der Waals surface area contributed by atoms with Crippen LogP contribution in [0.15, 0.2) is 18.2 Å². The van der Waals surface area contributed by atoms with Crippen molar-refractivity contribution >= 4 is 35.1 Å². The highest BCUT2D eigenvalue weighted by atomic mass is 19.1. The minimum Gasteiger partial charge on any atom is -0.481 e. The van der Waals surface area contributed by atoms with Crippen LogP contribution in [-0.2, 0) is 9.59 Å². The third-order valence-corrected chi connectivity index (χ3v) is 4.38. The van der Waals surface area contributed by atoms with E-state index < -0.39 is 17.7 Å². The van der Waals surface area contributed by atoms with Gasteiger partial charge in [0.25, 0.3) is 11.8 Å². The predicted octanol–water partition coefficient (Wildman–Crippen LogP) is 2.47. The van der Waals surface area contributed by atoms with Crippen molar-refractivity contribution in [1.82, 2.24) is 10.3 Å². The zero-order valence-electron chi connectivity index (χ0n) is 14.8. The van der Waals surface area contributed by atoms with Crippen LogP contribution in [0.5, 0.6) is 0 Å². The molecule has 0 fully saturated rings. The molecular weight excluding hydrogens is 353 g/mol. The monoisotopic (exact) mass is 371 g/mol. The first-order valence-electron chi connectivity index (χ1n) is 8.30. The van der Waals surface area contributed by atoms with E-state index in [1.807, 2.05) is 0 Å². The van der Waals surface area contributed by atoms with Crippen LogP contribution in [0.1, 0.15) is 39.3 Å². The van der Waals surface area contributed by atoms with Crippen molar-refractivity contribution in [2.75, 3.05) is 11.9 Å². The number of amides is 2. The summed E-state index contributed by atoms with van der Waals surface area (Å²) in [6.07, 6.45) is 1.41. The van der Waals surface area contributed by atoms with E-state index in [0.717, 1.165) is 0 Å². The highest BCUT2D eigenvalue weighted by molar-refractivity contribution is 6.34. The van der Waals surface area contributed by atoms with E-state index in [1.54, 1.807) is 19.9 Å². The fourth-order valence-electron chi connectivity index (χ4n) is 3.08. The van der Waals surface area contributed by atoms with Gasteiger partial charge in [-0.25, -0.2) is 4.39 Å². The summed E-state index contributed by atoms with van der Waals surface area (Å²) in [5.41, 5.74) is 3.43. The Kier molecular flexibility index (Phi) is 4.81. The highest BCUT2D eigenvalue weighted by Crippen LogP contribution is 2.34. The van der Waals surface area contributed by atoms with E-state index in [4.69, 9.17) is 5.11 Å². The van der Waals surface area contributed by atoms with Crippen LogP contribution in [0.2, 0.25) is 0 Å². The number of anilines is 1. The normalized spacial score (nSPS) is 14.2. The molecule has 0 unspecified atom stereocenters. The number of benzene rings is 1. The maximum Gasteiger partial charge on any atom is 0.305 e. The minimum absolute atomic E-state index is 0.0176. The van der Waals surface area contributed by atoms with Gasteiger partial charge in [0.05, 0.1) is 17.6 Å². The van der Waals surface area contributed by atoms with Crippen molar-refractivity contribution in [3.05, 3.63) is 52.1 Å². The molecule has 4 N–H and O–H groups in total. The number of aliphatic carboxylic acids is 1. The van der Waals surface area contributed by atoms with Gasteiger partial charge in [0, 0.05) is 29.2 Å². The van der Waals surface area contributed by atoms with E-state index in [-0.39, 0.29) is 18.9 Å². The number of aromatic amines is 1. The molecule has 2 heterocycles. The summed E-state index contributed by atoms with van der Waals surface area (Å²) in [5.74, 6) is -2.19. The summed E-state index contributed by atoms with van der Waals surface area (Å²) in [6, 6.07) is 4.05. The molecular formula is C19H18FN3O4. The topological polar surface area (TPSA) is 111 Å². The van der Waals surface area contributed by atoms with E-state index >= 15 is 0 Å². The molecule has 0 bridgehead atoms. The first-order valence-corrected chi connectivity index (χ1v) is 8.30. The van der Waals surface area contributed by atoms with Crippen LogP contribution in [0.3, 0.4) is 0 Å². The van der Waals surface area contributed by atoms with E-state index in [0.29, 0.717) is 39.3 Å². The van der Waals surface area contributed by atoms with Gasteiger partial charge in [-0.05, 0) is 43.7 Å². The number of hydrogen-bond acceptors (Lipinski definition) is 3. The molecule has 3 rings (SSSR count). The zero-order chi connectivity index (χ0) is 19.7. The third kappa shape index (κ3) is 3.59. The number of hydrogen-bond donors (Lipinski definition) is 4. The number of fused-ring (bicyclic) bond motifs is 1. The number of carbonyl (C=O) groups is 3. The fourth-order valence-corrected chi connectivity index (χ4v) is 3.08. The summed E-state index contributed by atoms with van der Waals surface area (Å²) >= 11 is 0. The van der Waals surface area contributed by atoms with Crippen LogP contribution < -0.4 is 10.6 Å². The van der Waals surface area contributed by atoms with Crippen molar-refractivity contribution in [3.63, 3.8) is 0 Å². The van der Waals surface area contributed by atoms with Crippen LogP contribution in [0.4, 0.5) is 10.1 Å². The zero-order valence-corrected chi connectivity index (χ0v) is 14.8. The molecule has 140 valence electrons. The third-order valence-electron chi connectivity index (χ3n) is 4.38. The quantitative estimate of drug-likeness (QED) is 0.605. The lowest BCUT2D eigenvalue weighted by Crippen LogP contribution is -2.26. The maximum atomic E-state index is 13.6. The van der Waals surface area contributed by atoms with Gasteiger partial charge in [-0.3, -0.25) is 14.4 Å². The fraction of sp³-hybridized carbons (Fsp3) is 0.211. The highest BCUT2D eigenvalue weighted by Gasteiger charge is 2.26. The Bertz CT molecular complexity index is 991. The van der Waals surface area contributed by atoms with Crippen LogP contribution in [-0.4, -0.2) is 34.4 Å². The lowest BCUT2D eigenvalue weighted by molar-refractivity contribution is -0.136. The molecule has 0 spiro atoms. The molecule has 1 aromatic carbocycles. The SMILES string of the molecule is Cc1[nH]c(/C=C2\C(=O)Nc3ccc(F)cc32)c(C)c1C(=O)NCCC(=O)O. The van der Waals surface area contributed by atoms with Gasteiger partial charge < -0.3 is 20.7 Å². The standard InChI is InChI=1S/C19H18FN3O4/c1-9-15(22-10(2)17(9)19(27)21-6-5-16(24)25)8-13-12-7-11(20)3-4-14(12)23-18(13)26/h3-4,7-8,22H,5-6H2,1-2H3,(H,21,27)(H,23,26)(H,24,25)/b13-8-. The van der Waals surface area contributed by atoms with E-state index in [1.165, 1.54) is 18.2 Å². The van der Waals surface area contributed by atoms with Crippen molar-refractivity contribution in [2.45, 2.75) is 20.3 Å². The molecule has 0 radical (unpaired) electrons. The van der Waals surface area contributed by atoms with Crippen LogP contribution in [0, 0.1) is 19.7 Å². The smallest absolute Gasteiger partial charge is 0.305 e. The summed E-state index contributed by atoms with van der Waals surface area (Å²) in [6.45, 7) is 3.45. The van der Waals surface area contributed by atoms with Crippen molar-refractivity contribution in [3.8, 4) is 0 Å². The summed E-state index contributed by atoms with van der Waals surface area (Å²) in [7, 11) is 0. The van der Waals surface area contributed by atoms with Gasteiger partial charge in [-0.2, -0.15) is 0 Å². The number of H-pyrrole nitrogens is 1. The molecule has 7 nitrogen and oxygen atoms in total. The predicted molar refractivity (Wildman–Crippen MR) is 97.8 cm³/mol. The Balaban J connectivity index is 1.92. The van der Waals surface area contributed by atoms with E-state index in [2.05, 4.69) is 15.6 Å². The van der Waals surface area contributed by atoms with Crippen molar-refractivity contribution < 1.29 is 23.9 Å². The minimum atomic E-state index is -0.999. The van der Waals surface area contributed by atoms with Crippen LogP contribution >= 0.6 is 0 Å². The molecule has 1 aromatic heterocycles. The number of carboxylic acid groups (broad SMARTS) is 1. The maximum absolute atomic E-state index is 13.6. The molecule has 0 saturated carbocycles. The number of carboxylic acids is 1.